The predicted molar refractivity (Wildman–Crippen MR) is 89.1 cm³/mol. The molecule has 1 atom stereocenters. The Hall–Kier alpha value is -0.170. The second-order valence-electron chi connectivity index (χ2n) is 6.46. The van der Waals surface area contributed by atoms with Crippen molar-refractivity contribution < 1.29 is 22.3 Å². The summed E-state index contributed by atoms with van der Waals surface area (Å²) in [6.07, 6.45) is 10.1. The first kappa shape index (κ1) is 21.8. The van der Waals surface area contributed by atoms with Gasteiger partial charge in [-0.15, -0.1) is 0 Å². The molecule has 0 aromatic rings. The van der Waals surface area contributed by atoms with Gasteiger partial charge in [0.05, 0.1) is 6.10 Å². The number of unbranched alkanes of at least 4 members (excludes halogenated alkanes) is 6. The lowest BCUT2D eigenvalue weighted by Crippen LogP contribution is -2.18. The van der Waals surface area contributed by atoms with Crippen LogP contribution in [0.4, 0.5) is 0 Å². The van der Waals surface area contributed by atoms with Crippen LogP contribution in [-0.2, 0) is 14.6 Å². The highest BCUT2D eigenvalue weighted by Gasteiger charge is 2.16. The molecule has 0 amide bonds. The SMILES string of the molecule is CC(C)CCCCC(CCCCCCCCO)OS(=O)(=O)O. The fourth-order valence-electron chi connectivity index (χ4n) is 2.53. The Labute approximate surface area is 136 Å². The highest BCUT2D eigenvalue weighted by Crippen LogP contribution is 2.18. The van der Waals surface area contributed by atoms with Crippen molar-refractivity contribution in [2.45, 2.75) is 90.6 Å². The number of aliphatic hydroxyl groups is 1. The minimum atomic E-state index is -4.36. The van der Waals surface area contributed by atoms with Crippen LogP contribution in [0.25, 0.3) is 0 Å². The summed E-state index contributed by atoms with van der Waals surface area (Å²) in [5, 5.41) is 8.69. The lowest BCUT2D eigenvalue weighted by atomic mass is 10.0. The zero-order valence-electron chi connectivity index (χ0n) is 14.2. The van der Waals surface area contributed by atoms with Gasteiger partial charge in [0.2, 0.25) is 0 Å². The summed E-state index contributed by atoms with van der Waals surface area (Å²) in [7, 11) is -4.36. The van der Waals surface area contributed by atoms with Crippen molar-refractivity contribution in [3.05, 3.63) is 0 Å². The van der Waals surface area contributed by atoms with Gasteiger partial charge in [-0.3, -0.25) is 4.55 Å². The van der Waals surface area contributed by atoms with Gasteiger partial charge in [-0.2, -0.15) is 8.42 Å². The van der Waals surface area contributed by atoms with Crippen LogP contribution in [0.2, 0.25) is 0 Å². The highest BCUT2D eigenvalue weighted by atomic mass is 32.3. The van der Waals surface area contributed by atoms with Crippen LogP contribution < -0.4 is 0 Å². The topological polar surface area (TPSA) is 83.8 Å². The molecule has 134 valence electrons. The molecule has 0 aliphatic heterocycles. The van der Waals surface area contributed by atoms with Crippen molar-refractivity contribution in [1.29, 1.82) is 0 Å². The third kappa shape index (κ3) is 16.2. The van der Waals surface area contributed by atoms with Gasteiger partial charge in [-0.05, 0) is 25.2 Å². The summed E-state index contributed by atoms with van der Waals surface area (Å²) in [4.78, 5) is 0. The Balaban J connectivity index is 3.88. The Morgan fingerprint density at radius 1 is 0.818 bits per heavy atom. The molecule has 0 aliphatic rings. The van der Waals surface area contributed by atoms with Gasteiger partial charge in [-0.1, -0.05) is 65.2 Å². The average molecular weight is 339 g/mol. The van der Waals surface area contributed by atoms with Gasteiger partial charge in [0, 0.05) is 6.61 Å². The molecular formula is C16H34O5S. The van der Waals surface area contributed by atoms with E-state index in [4.69, 9.17) is 13.8 Å². The van der Waals surface area contributed by atoms with Crippen LogP contribution in [0.5, 0.6) is 0 Å². The third-order valence-corrected chi connectivity index (χ3v) is 4.26. The van der Waals surface area contributed by atoms with E-state index in [-0.39, 0.29) is 6.61 Å². The van der Waals surface area contributed by atoms with E-state index in [1.165, 1.54) is 0 Å². The fourth-order valence-corrected chi connectivity index (χ4v) is 3.06. The van der Waals surface area contributed by atoms with E-state index < -0.39 is 16.5 Å². The maximum atomic E-state index is 10.9. The number of aliphatic hydroxyl groups excluding tert-OH is 1. The standard InChI is InChI=1S/C16H34O5S/c1-15(2)11-8-9-13-16(21-22(18,19)20)12-7-5-3-4-6-10-14-17/h15-17H,3-14H2,1-2H3,(H,18,19,20). The van der Waals surface area contributed by atoms with Crippen LogP contribution >= 0.6 is 0 Å². The second kappa shape index (κ2) is 13.3. The van der Waals surface area contributed by atoms with Gasteiger partial charge in [0.25, 0.3) is 0 Å². The van der Waals surface area contributed by atoms with Crippen LogP contribution in [0.3, 0.4) is 0 Å². The van der Waals surface area contributed by atoms with E-state index in [1.807, 2.05) is 0 Å². The summed E-state index contributed by atoms with van der Waals surface area (Å²) in [5.74, 6) is 0.653. The first-order valence-electron chi connectivity index (χ1n) is 8.61. The zero-order chi connectivity index (χ0) is 16.8. The number of hydrogen-bond donors (Lipinski definition) is 2. The Bertz CT molecular complexity index is 340. The lowest BCUT2D eigenvalue weighted by Gasteiger charge is -2.15. The maximum absolute atomic E-state index is 10.9. The van der Waals surface area contributed by atoms with E-state index in [0.717, 1.165) is 57.8 Å². The molecule has 0 aromatic carbocycles. The van der Waals surface area contributed by atoms with Crippen molar-refractivity contribution in [3.63, 3.8) is 0 Å². The normalized spacial score (nSPS) is 13.7. The van der Waals surface area contributed by atoms with E-state index in [9.17, 15) is 8.42 Å². The van der Waals surface area contributed by atoms with Crippen molar-refractivity contribution in [2.24, 2.45) is 5.92 Å². The molecule has 5 nitrogen and oxygen atoms in total. The van der Waals surface area contributed by atoms with E-state index in [1.54, 1.807) is 0 Å². The summed E-state index contributed by atoms with van der Waals surface area (Å²) in [5.41, 5.74) is 0. The van der Waals surface area contributed by atoms with Gasteiger partial charge >= 0.3 is 10.4 Å². The van der Waals surface area contributed by atoms with E-state index in [0.29, 0.717) is 18.8 Å². The summed E-state index contributed by atoms with van der Waals surface area (Å²) >= 11 is 0. The molecule has 0 aromatic heterocycles. The molecule has 1 unspecified atom stereocenters. The zero-order valence-corrected chi connectivity index (χ0v) is 15.0. The molecule has 0 saturated carbocycles. The lowest BCUT2D eigenvalue weighted by molar-refractivity contribution is 0.157. The third-order valence-electron chi connectivity index (χ3n) is 3.75. The molecule has 0 bridgehead atoms. The molecule has 0 fully saturated rings. The maximum Gasteiger partial charge on any atom is 0.397 e. The monoisotopic (exact) mass is 338 g/mol. The molecule has 0 spiro atoms. The van der Waals surface area contributed by atoms with Gasteiger partial charge in [0.1, 0.15) is 0 Å². The average Bonchev–Trinajstić information content (AvgIpc) is 2.40. The van der Waals surface area contributed by atoms with Crippen LogP contribution in [0.1, 0.15) is 84.5 Å². The van der Waals surface area contributed by atoms with Crippen LogP contribution in [0.15, 0.2) is 0 Å². The summed E-state index contributed by atoms with van der Waals surface area (Å²) in [6, 6.07) is 0. The van der Waals surface area contributed by atoms with Gasteiger partial charge in [0.15, 0.2) is 0 Å². The number of hydrogen-bond acceptors (Lipinski definition) is 4. The van der Waals surface area contributed by atoms with E-state index in [2.05, 4.69) is 13.8 Å². The summed E-state index contributed by atoms with van der Waals surface area (Å²) in [6.45, 7) is 4.59. The Morgan fingerprint density at radius 2 is 1.27 bits per heavy atom. The largest absolute Gasteiger partial charge is 0.397 e. The Kier molecular flexibility index (Phi) is 13.2. The molecule has 0 saturated heterocycles. The van der Waals surface area contributed by atoms with Crippen molar-refractivity contribution in [1.82, 2.24) is 0 Å². The second-order valence-corrected chi connectivity index (χ2v) is 7.51. The number of rotatable bonds is 15. The first-order valence-corrected chi connectivity index (χ1v) is 9.98. The predicted octanol–water partition coefficient (Wildman–Crippen LogP) is 4.11. The Morgan fingerprint density at radius 3 is 1.77 bits per heavy atom. The molecule has 0 heterocycles. The molecular weight excluding hydrogens is 304 g/mol. The van der Waals surface area contributed by atoms with Crippen molar-refractivity contribution in [2.75, 3.05) is 6.61 Å². The van der Waals surface area contributed by atoms with E-state index >= 15 is 0 Å². The smallest absolute Gasteiger partial charge is 0.396 e. The summed E-state index contributed by atoms with van der Waals surface area (Å²) < 4.78 is 35.4. The van der Waals surface area contributed by atoms with Gasteiger partial charge in [-0.25, -0.2) is 4.18 Å². The molecule has 0 radical (unpaired) electrons. The minimum Gasteiger partial charge on any atom is -0.396 e. The highest BCUT2D eigenvalue weighted by molar-refractivity contribution is 7.80. The van der Waals surface area contributed by atoms with Crippen LogP contribution in [-0.4, -0.2) is 30.8 Å². The molecule has 0 aliphatic carbocycles. The molecule has 6 heteroatoms. The first-order chi connectivity index (χ1) is 10.3. The van der Waals surface area contributed by atoms with Crippen molar-refractivity contribution in [3.8, 4) is 0 Å². The molecule has 2 N–H and O–H groups in total. The van der Waals surface area contributed by atoms with Crippen LogP contribution in [0, 0.1) is 5.92 Å². The fraction of sp³-hybridized carbons (Fsp3) is 1.00. The van der Waals surface area contributed by atoms with Gasteiger partial charge < -0.3 is 5.11 Å². The van der Waals surface area contributed by atoms with Crippen molar-refractivity contribution >= 4 is 10.4 Å². The minimum absolute atomic E-state index is 0.251. The molecule has 0 rings (SSSR count). The molecule has 22 heavy (non-hydrogen) atoms. The quantitative estimate of drug-likeness (QED) is 0.347.